The Bertz CT molecular complexity index is 1030. The van der Waals surface area contributed by atoms with Crippen molar-refractivity contribution in [2.45, 2.75) is 31.8 Å². The fourth-order valence-electron chi connectivity index (χ4n) is 2.31. The van der Waals surface area contributed by atoms with Gasteiger partial charge in [-0.05, 0) is 6.92 Å². The quantitative estimate of drug-likeness (QED) is 0.138. The SMILES string of the molecule is Cc1cn([C@H]2C[C@H](O)[C@@H](COP(=O)(O)OP(=O)(O)OP(=O)(O)O)O2)c(=O)[nH]c1=O.[NaH].[NaH].[NaH]. The van der Waals surface area contributed by atoms with E-state index in [1.807, 2.05) is 4.98 Å². The number of aliphatic hydroxyl groups excluding tert-OH is 1. The summed E-state index contributed by atoms with van der Waals surface area (Å²) in [6.07, 6.45) is -2.67. The maximum absolute atomic E-state index is 11.9. The minimum absolute atomic E-state index is 0. The van der Waals surface area contributed by atoms with Crippen molar-refractivity contribution < 1.29 is 56.3 Å². The molecular weight excluding hydrogens is 534 g/mol. The van der Waals surface area contributed by atoms with Gasteiger partial charge < -0.3 is 29.4 Å². The van der Waals surface area contributed by atoms with Gasteiger partial charge >= 0.3 is 118 Å². The number of aromatic nitrogens is 2. The van der Waals surface area contributed by atoms with Crippen molar-refractivity contribution in [1.29, 1.82) is 0 Å². The average molecular weight is 554 g/mol. The zero-order valence-corrected chi connectivity index (χ0v) is 17.1. The number of phosphoric ester groups is 1. The van der Waals surface area contributed by atoms with Crippen molar-refractivity contribution in [3.63, 3.8) is 0 Å². The molecule has 2 rings (SSSR count). The summed E-state index contributed by atoms with van der Waals surface area (Å²) in [6.45, 7) is 0.547. The van der Waals surface area contributed by atoms with Crippen molar-refractivity contribution in [1.82, 2.24) is 9.55 Å². The topological polar surface area (TPSA) is 244 Å². The molecule has 5 atom stereocenters. The van der Waals surface area contributed by atoms with Crippen molar-refractivity contribution >= 4 is 112 Å². The normalized spacial score (nSPS) is 24.2. The number of nitrogens with zero attached hydrogens (tertiary/aromatic N) is 1. The Hall–Kier alpha value is 2.01. The fourth-order valence-corrected chi connectivity index (χ4v) is 5.34. The zero-order chi connectivity index (χ0) is 22.2. The van der Waals surface area contributed by atoms with Gasteiger partial charge in [0, 0.05) is 18.2 Å². The van der Waals surface area contributed by atoms with Crippen LogP contribution < -0.4 is 11.2 Å². The summed E-state index contributed by atoms with van der Waals surface area (Å²) in [5, 5.41) is 9.98. The Labute approximate surface area is 246 Å². The molecule has 2 unspecified atom stereocenters. The van der Waals surface area contributed by atoms with Gasteiger partial charge in [-0.1, -0.05) is 0 Å². The van der Waals surface area contributed by atoms with E-state index in [9.17, 15) is 33.3 Å². The summed E-state index contributed by atoms with van der Waals surface area (Å²) < 4.78 is 51.3. The number of aryl methyl sites for hydroxylation is 1. The standard InChI is InChI=1S/C10H17N2O14P3.3Na.3H/c1-5-3-12(10(15)11-9(5)14)8-2-6(13)7(24-8)4-23-28(19,20)26-29(21,22)25-27(16,17)18;;;;;;/h3,6-8,13H,2,4H2,1H3,(H,19,20)(H,21,22)(H,11,14,15)(H2,16,17,18);;;;;;/t6-,7+,8+;;;;;;/m0....../s1. The predicted octanol–water partition coefficient (Wildman–Crippen LogP) is -3.11. The van der Waals surface area contributed by atoms with Gasteiger partial charge in [0.1, 0.15) is 12.3 Å². The molecule has 1 aromatic heterocycles. The van der Waals surface area contributed by atoms with Crippen LogP contribution in [0.5, 0.6) is 0 Å². The summed E-state index contributed by atoms with van der Waals surface area (Å²) in [6, 6.07) is 0. The molecule has 32 heavy (non-hydrogen) atoms. The van der Waals surface area contributed by atoms with Gasteiger partial charge in [-0.25, -0.2) is 18.5 Å². The van der Waals surface area contributed by atoms with Crippen LogP contribution in [0.3, 0.4) is 0 Å². The number of aliphatic hydroxyl groups is 1. The fraction of sp³-hybridized carbons (Fsp3) is 0.600. The Kier molecular flexibility index (Phi) is 15.9. The molecule has 1 aromatic rings. The van der Waals surface area contributed by atoms with Crippen LogP contribution in [-0.2, 0) is 31.6 Å². The molecule has 0 radical (unpaired) electrons. The van der Waals surface area contributed by atoms with E-state index in [2.05, 4.69) is 13.1 Å². The third kappa shape index (κ3) is 11.4. The average Bonchev–Trinajstić information content (AvgIpc) is 2.86. The molecule has 22 heteroatoms. The molecule has 172 valence electrons. The Morgan fingerprint density at radius 2 is 1.66 bits per heavy atom. The van der Waals surface area contributed by atoms with Crippen LogP contribution in [0.15, 0.2) is 15.8 Å². The van der Waals surface area contributed by atoms with Crippen LogP contribution in [0.25, 0.3) is 0 Å². The van der Waals surface area contributed by atoms with Gasteiger partial charge in [-0.2, -0.15) is 8.62 Å². The Balaban J connectivity index is 0. The number of phosphoric acid groups is 3. The number of rotatable bonds is 8. The maximum atomic E-state index is 11.9. The van der Waals surface area contributed by atoms with Gasteiger partial charge in [-0.3, -0.25) is 18.9 Å². The molecule has 0 aliphatic carbocycles. The third-order valence-electron chi connectivity index (χ3n) is 3.48. The molecule has 0 bridgehead atoms. The summed E-state index contributed by atoms with van der Waals surface area (Å²) in [5.74, 6) is 0. The number of ether oxygens (including phenoxy) is 1. The van der Waals surface area contributed by atoms with Crippen LogP contribution in [0.1, 0.15) is 18.2 Å². The van der Waals surface area contributed by atoms with E-state index >= 15 is 0 Å². The van der Waals surface area contributed by atoms with Crippen LogP contribution in [0, 0.1) is 6.92 Å². The Morgan fingerprint density at radius 1 is 1.09 bits per heavy atom. The summed E-state index contributed by atoms with van der Waals surface area (Å²) in [7, 11) is -16.6. The number of hydrogen-bond donors (Lipinski definition) is 6. The molecule has 0 saturated carbocycles. The number of aromatic amines is 1. The molecule has 1 saturated heterocycles. The van der Waals surface area contributed by atoms with Crippen LogP contribution >= 0.6 is 23.5 Å². The molecule has 0 aromatic carbocycles. The molecule has 6 N–H and O–H groups in total. The molecule has 16 nitrogen and oxygen atoms in total. The first-order chi connectivity index (χ1) is 13.1. The first kappa shape index (κ1) is 36.2. The molecule has 1 fully saturated rings. The van der Waals surface area contributed by atoms with Crippen molar-refractivity contribution in [2.75, 3.05) is 6.61 Å². The number of nitrogens with one attached hydrogen (secondary N) is 1. The van der Waals surface area contributed by atoms with E-state index < -0.39 is 59.8 Å². The summed E-state index contributed by atoms with van der Waals surface area (Å²) >= 11 is 0. The summed E-state index contributed by atoms with van der Waals surface area (Å²) in [4.78, 5) is 60.6. The van der Waals surface area contributed by atoms with Gasteiger partial charge in [-0.15, -0.1) is 0 Å². The number of H-pyrrole nitrogens is 1. The second kappa shape index (κ2) is 14.1. The van der Waals surface area contributed by atoms with E-state index in [-0.39, 0.29) is 101 Å². The first-order valence-electron chi connectivity index (χ1n) is 7.52. The van der Waals surface area contributed by atoms with Gasteiger partial charge in [0.25, 0.3) is 5.56 Å². The monoisotopic (exact) mass is 554 g/mol. The van der Waals surface area contributed by atoms with Crippen LogP contribution in [-0.4, -0.2) is 142 Å². The van der Waals surface area contributed by atoms with E-state index in [0.717, 1.165) is 4.57 Å². The first-order valence-corrected chi connectivity index (χ1v) is 12.0. The summed E-state index contributed by atoms with van der Waals surface area (Å²) in [5.41, 5.74) is -1.26. The van der Waals surface area contributed by atoms with Crippen molar-refractivity contribution in [3.05, 3.63) is 32.6 Å². The van der Waals surface area contributed by atoms with Gasteiger partial charge in [0.2, 0.25) is 0 Å². The van der Waals surface area contributed by atoms with Crippen molar-refractivity contribution in [3.8, 4) is 0 Å². The zero-order valence-electron chi connectivity index (χ0n) is 14.4. The molecule has 0 amide bonds. The van der Waals surface area contributed by atoms with Gasteiger partial charge in [0.15, 0.2) is 0 Å². The molecule has 2 heterocycles. The second-order valence-electron chi connectivity index (χ2n) is 5.80. The number of hydrogen-bond acceptors (Lipinski definition) is 10. The van der Waals surface area contributed by atoms with Crippen LogP contribution in [0.2, 0.25) is 0 Å². The molecular formula is C10H20N2Na3O14P3. The van der Waals surface area contributed by atoms with E-state index in [1.54, 1.807) is 0 Å². The Morgan fingerprint density at radius 3 is 2.19 bits per heavy atom. The molecule has 1 aliphatic heterocycles. The predicted molar refractivity (Wildman–Crippen MR) is 112 cm³/mol. The minimum atomic E-state index is -5.67. The van der Waals surface area contributed by atoms with Crippen molar-refractivity contribution in [2.24, 2.45) is 0 Å². The van der Waals surface area contributed by atoms with Crippen LogP contribution in [0.4, 0.5) is 0 Å². The van der Waals surface area contributed by atoms with E-state index in [4.69, 9.17) is 19.4 Å². The molecule has 0 spiro atoms. The van der Waals surface area contributed by atoms with Gasteiger partial charge in [0.05, 0.1) is 12.7 Å². The van der Waals surface area contributed by atoms with E-state index in [0.29, 0.717) is 0 Å². The third-order valence-corrected chi connectivity index (χ3v) is 7.28. The van der Waals surface area contributed by atoms with E-state index in [1.165, 1.54) is 13.1 Å². The second-order valence-corrected chi connectivity index (χ2v) is 10.2. The molecule has 1 aliphatic rings.